The van der Waals surface area contributed by atoms with Gasteiger partial charge in [0.05, 0.1) is 29.0 Å². The van der Waals surface area contributed by atoms with E-state index in [0.717, 1.165) is 40.8 Å². The number of para-hydroxylation sites is 1. The Morgan fingerprint density at radius 1 is 1.30 bits per heavy atom. The van der Waals surface area contributed by atoms with Crippen molar-refractivity contribution in [3.8, 4) is 11.4 Å². The highest BCUT2D eigenvalue weighted by Gasteiger charge is 2.27. The van der Waals surface area contributed by atoms with E-state index < -0.39 is 6.16 Å². The second kappa shape index (κ2) is 7.91. The number of aromatic nitrogens is 2. The molecule has 0 unspecified atom stereocenters. The summed E-state index contributed by atoms with van der Waals surface area (Å²) in [5.41, 5.74) is 5.63. The fourth-order valence-corrected chi connectivity index (χ4v) is 4.11. The molecule has 1 aliphatic heterocycles. The molecule has 1 aliphatic rings. The number of carboxylic acid groups (broad SMARTS) is 1. The van der Waals surface area contributed by atoms with E-state index in [1.54, 1.807) is 11.5 Å². The Balaban J connectivity index is 1.83. The van der Waals surface area contributed by atoms with Crippen LogP contribution in [0.15, 0.2) is 35.1 Å². The number of pyridine rings is 2. The van der Waals surface area contributed by atoms with E-state index in [2.05, 4.69) is 30.0 Å². The van der Waals surface area contributed by atoms with Crippen molar-refractivity contribution in [1.29, 1.82) is 0 Å². The third kappa shape index (κ3) is 3.57. The molecular weight excluding hydrogens is 382 g/mol. The first kappa shape index (κ1) is 20.1. The molecule has 7 nitrogen and oxygen atoms in total. The molecule has 0 spiro atoms. The lowest BCUT2D eigenvalue weighted by molar-refractivity contribution is 0.0848. The second-order valence-electron chi connectivity index (χ2n) is 7.93. The quantitative estimate of drug-likeness (QED) is 0.476. The summed E-state index contributed by atoms with van der Waals surface area (Å²) in [5.74, 6) is 0. The molecule has 7 heteroatoms. The Morgan fingerprint density at radius 3 is 2.80 bits per heavy atom. The van der Waals surface area contributed by atoms with Gasteiger partial charge in [-0.1, -0.05) is 32.0 Å². The van der Waals surface area contributed by atoms with E-state index in [9.17, 15) is 9.59 Å². The topological polar surface area (TPSA) is 93.5 Å². The number of nitrogens with one attached hydrogen (secondary N) is 1. The molecule has 0 atom stereocenters. The second-order valence-corrected chi connectivity index (χ2v) is 7.93. The Morgan fingerprint density at radius 2 is 2.07 bits per heavy atom. The average Bonchev–Trinajstić information content (AvgIpc) is 3.05. The van der Waals surface area contributed by atoms with Crippen molar-refractivity contribution in [3.05, 3.63) is 62.9 Å². The van der Waals surface area contributed by atoms with Gasteiger partial charge < -0.3 is 19.7 Å². The Labute approximate surface area is 174 Å². The van der Waals surface area contributed by atoms with Crippen molar-refractivity contribution in [3.63, 3.8) is 0 Å². The van der Waals surface area contributed by atoms with Gasteiger partial charge in [-0.2, -0.15) is 0 Å². The number of aryl methyl sites for hydroxylation is 1. The van der Waals surface area contributed by atoms with Crippen LogP contribution >= 0.6 is 0 Å². The van der Waals surface area contributed by atoms with Gasteiger partial charge >= 0.3 is 6.16 Å². The van der Waals surface area contributed by atoms with Crippen molar-refractivity contribution in [1.82, 2.24) is 14.9 Å². The van der Waals surface area contributed by atoms with Gasteiger partial charge in [-0.3, -0.25) is 4.79 Å². The molecule has 0 amide bonds. The minimum absolute atomic E-state index is 0.223. The highest BCUT2D eigenvalue weighted by atomic mass is 16.7. The summed E-state index contributed by atoms with van der Waals surface area (Å²) in [6.45, 7) is 7.05. The van der Waals surface area contributed by atoms with Crippen LogP contribution in [0.1, 0.15) is 36.1 Å². The number of fused-ring (bicyclic) bond motifs is 4. The third-order valence-corrected chi connectivity index (χ3v) is 5.56. The predicted octanol–water partition coefficient (Wildman–Crippen LogP) is 3.47. The number of hydrogen-bond acceptors (Lipinski definition) is 5. The predicted molar refractivity (Wildman–Crippen MR) is 115 cm³/mol. The van der Waals surface area contributed by atoms with E-state index in [4.69, 9.17) is 10.1 Å². The van der Waals surface area contributed by atoms with Gasteiger partial charge in [0.25, 0.3) is 5.56 Å². The number of ether oxygens (including phenoxy) is 1. The number of benzene rings is 1. The van der Waals surface area contributed by atoms with Crippen LogP contribution in [0.3, 0.4) is 0 Å². The smallest absolute Gasteiger partial charge is 0.450 e. The summed E-state index contributed by atoms with van der Waals surface area (Å²) in [5, 5.41) is 13.4. The minimum atomic E-state index is -1.39. The summed E-state index contributed by atoms with van der Waals surface area (Å²) in [6.07, 6.45) is -0.560. The van der Waals surface area contributed by atoms with Crippen LogP contribution in [0.2, 0.25) is 0 Å². The zero-order valence-electron chi connectivity index (χ0n) is 17.4. The Kier molecular flexibility index (Phi) is 5.30. The van der Waals surface area contributed by atoms with Crippen LogP contribution in [-0.4, -0.2) is 33.4 Å². The first-order chi connectivity index (χ1) is 14.4. The van der Waals surface area contributed by atoms with Gasteiger partial charge in [0, 0.05) is 17.0 Å². The van der Waals surface area contributed by atoms with Crippen molar-refractivity contribution in [2.24, 2.45) is 0 Å². The normalized spacial score (nSPS) is 12.3. The first-order valence-electron chi connectivity index (χ1n) is 10.1. The summed E-state index contributed by atoms with van der Waals surface area (Å²) in [6, 6.07) is 10.4. The standard InChI is InChI=1S/C23H25N3O4/c1-13(2)24-9-8-15-16-6-4-5-7-19(16)25-21-17(15)11-26-20(21)10-14(3)18(22(26)27)12-30-23(28)29/h4-7,10,13,24H,8-9,11-12H2,1-3H3,(H,28,29). The Hall–Kier alpha value is -3.19. The largest absolute Gasteiger partial charge is 0.506 e. The van der Waals surface area contributed by atoms with Gasteiger partial charge in [0.1, 0.15) is 6.61 Å². The Bertz CT molecular complexity index is 1200. The van der Waals surface area contributed by atoms with E-state index >= 15 is 0 Å². The molecule has 2 N–H and O–H groups in total. The van der Waals surface area contributed by atoms with E-state index in [-0.39, 0.29) is 12.2 Å². The van der Waals surface area contributed by atoms with Gasteiger partial charge in [0.15, 0.2) is 0 Å². The monoisotopic (exact) mass is 407 g/mol. The average molecular weight is 407 g/mol. The lowest BCUT2D eigenvalue weighted by atomic mass is 9.98. The van der Waals surface area contributed by atoms with Gasteiger partial charge in [-0.05, 0) is 43.1 Å². The van der Waals surface area contributed by atoms with Crippen LogP contribution in [0.5, 0.6) is 0 Å². The van der Waals surface area contributed by atoms with E-state index in [1.165, 1.54) is 5.56 Å². The maximum atomic E-state index is 13.1. The molecule has 0 aliphatic carbocycles. The van der Waals surface area contributed by atoms with Crippen LogP contribution in [0, 0.1) is 6.92 Å². The fourth-order valence-electron chi connectivity index (χ4n) is 4.11. The van der Waals surface area contributed by atoms with E-state index in [1.807, 2.05) is 24.3 Å². The molecule has 0 saturated heterocycles. The summed E-state index contributed by atoms with van der Waals surface area (Å²) < 4.78 is 6.35. The highest BCUT2D eigenvalue weighted by molar-refractivity contribution is 5.88. The SMILES string of the molecule is Cc1cc2n(c(=O)c1COC(=O)O)Cc1c-2nc2ccccc2c1CCNC(C)C. The van der Waals surface area contributed by atoms with Crippen molar-refractivity contribution in [2.75, 3.05) is 6.54 Å². The first-order valence-corrected chi connectivity index (χ1v) is 10.1. The molecule has 0 saturated carbocycles. The van der Waals surface area contributed by atoms with Gasteiger partial charge in [0.2, 0.25) is 0 Å². The summed E-state index contributed by atoms with van der Waals surface area (Å²) >= 11 is 0. The highest BCUT2D eigenvalue weighted by Crippen LogP contribution is 2.36. The van der Waals surface area contributed by atoms with Crippen LogP contribution in [0.4, 0.5) is 4.79 Å². The molecule has 3 heterocycles. The molecule has 0 fully saturated rings. The van der Waals surface area contributed by atoms with Gasteiger partial charge in [-0.25, -0.2) is 9.78 Å². The van der Waals surface area contributed by atoms with Crippen LogP contribution < -0.4 is 10.9 Å². The fraction of sp³-hybridized carbons (Fsp3) is 0.348. The lowest BCUT2D eigenvalue weighted by Gasteiger charge is -2.13. The minimum Gasteiger partial charge on any atom is -0.450 e. The molecule has 30 heavy (non-hydrogen) atoms. The van der Waals surface area contributed by atoms with Crippen LogP contribution in [0.25, 0.3) is 22.3 Å². The number of carbonyl (C=O) groups is 1. The maximum absolute atomic E-state index is 13.1. The third-order valence-electron chi connectivity index (χ3n) is 5.56. The zero-order valence-corrected chi connectivity index (χ0v) is 17.4. The summed E-state index contributed by atoms with van der Waals surface area (Å²) in [7, 11) is 0. The molecular formula is C23H25N3O4. The van der Waals surface area contributed by atoms with Crippen LogP contribution in [-0.2, 0) is 24.3 Å². The molecule has 2 aromatic heterocycles. The number of hydrogen-bond donors (Lipinski definition) is 2. The van der Waals surface area contributed by atoms with E-state index in [0.29, 0.717) is 23.7 Å². The number of nitrogens with zero attached hydrogens (tertiary/aromatic N) is 2. The van der Waals surface area contributed by atoms with Gasteiger partial charge in [-0.15, -0.1) is 0 Å². The summed E-state index contributed by atoms with van der Waals surface area (Å²) in [4.78, 5) is 28.8. The van der Waals surface area contributed by atoms with Crippen molar-refractivity contribution in [2.45, 2.75) is 46.4 Å². The van der Waals surface area contributed by atoms with Crippen molar-refractivity contribution < 1.29 is 14.6 Å². The molecule has 156 valence electrons. The molecule has 4 rings (SSSR count). The number of rotatable bonds is 6. The maximum Gasteiger partial charge on any atom is 0.506 e. The molecule has 1 aromatic carbocycles. The molecule has 0 radical (unpaired) electrons. The molecule has 0 bridgehead atoms. The molecule has 3 aromatic rings. The zero-order chi connectivity index (χ0) is 21.4. The van der Waals surface area contributed by atoms with Crippen molar-refractivity contribution >= 4 is 17.1 Å². The lowest BCUT2D eigenvalue weighted by Crippen LogP contribution is -2.26.